The zero-order chi connectivity index (χ0) is 13.1. The van der Waals surface area contributed by atoms with Gasteiger partial charge in [0.15, 0.2) is 0 Å². The van der Waals surface area contributed by atoms with Crippen molar-refractivity contribution in [3.05, 3.63) is 0 Å². The number of rotatable bonds is 5. The molecule has 5 nitrogen and oxygen atoms in total. The highest BCUT2D eigenvalue weighted by Crippen LogP contribution is 2.21. The second-order valence-electron chi connectivity index (χ2n) is 5.97. The minimum atomic E-state index is 0.0101. The van der Waals surface area contributed by atoms with Crippen LogP contribution in [-0.4, -0.2) is 73.9 Å². The first kappa shape index (κ1) is 13.3. The molecule has 2 heterocycles. The van der Waals surface area contributed by atoms with E-state index in [-0.39, 0.29) is 6.04 Å². The van der Waals surface area contributed by atoms with Crippen molar-refractivity contribution >= 4 is 0 Å². The van der Waals surface area contributed by atoms with Gasteiger partial charge in [-0.3, -0.25) is 15.1 Å². The van der Waals surface area contributed by atoms with Crippen molar-refractivity contribution in [2.45, 2.75) is 37.4 Å². The first-order valence-corrected chi connectivity index (χ1v) is 7.55. The summed E-state index contributed by atoms with van der Waals surface area (Å²) in [5, 5.41) is 12.6. The average Bonchev–Trinajstić information content (AvgIpc) is 3.15. The van der Waals surface area contributed by atoms with E-state index in [1.807, 2.05) is 0 Å². The summed E-state index contributed by atoms with van der Waals surface area (Å²) in [6, 6.07) is 3.70. The van der Waals surface area contributed by atoms with Gasteiger partial charge < -0.3 is 4.74 Å². The quantitative estimate of drug-likeness (QED) is 0.760. The number of nitriles is 1. The molecule has 1 aliphatic carbocycles. The number of likely N-dealkylation sites (tertiary alicyclic amines) is 1. The SMILES string of the molecule is N#CC(CN1CCC(N2CCOCC2)C1)NC1CC1. The Morgan fingerprint density at radius 2 is 2.00 bits per heavy atom. The molecule has 2 aliphatic heterocycles. The van der Waals surface area contributed by atoms with E-state index in [0.717, 1.165) is 45.9 Å². The molecule has 2 saturated heterocycles. The van der Waals surface area contributed by atoms with Crippen LogP contribution in [-0.2, 0) is 4.74 Å². The molecule has 3 rings (SSSR count). The highest BCUT2D eigenvalue weighted by Gasteiger charge is 2.31. The van der Waals surface area contributed by atoms with Crippen LogP contribution >= 0.6 is 0 Å². The number of nitrogens with zero attached hydrogens (tertiary/aromatic N) is 3. The summed E-state index contributed by atoms with van der Waals surface area (Å²) in [6.07, 6.45) is 3.73. The maximum absolute atomic E-state index is 9.21. The van der Waals surface area contributed by atoms with Crippen molar-refractivity contribution in [3.8, 4) is 6.07 Å². The Morgan fingerprint density at radius 1 is 1.21 bits per heavy atom. The average molecular weight is 264 g/mol. The van der Waals surface area contributed by atoms with Crippen molar-refractivity contribution in [2.75, 3.05) is 45.9 Å². The summed E-state index contributed by atoms with van der Waals surface area (Å²) < 4.78 is 5.41. The van der Waals surface area contributed by atoms with E-state index >= 15 is 0 Å². The molecule has 3 aliphatic rings. The monoisotopic (exact) mass is 264 g/mol. The standard InChI is InChI=1S/C14H24N4O/c15-9-13(16-12-1-2-12)10-17-4-3-14(11-17)18-5-7-19-8-6-18/h12-14,16H,1-8,10-11H2. The Balaban J connectivity index is 1.43. The second-order valence-corrected chi connectivity index (χ2v) is 5.97. The van der Waals surface area contributed by atoms with E-state index in [0.29, 0.717) is 12.1 Å². The summed E-state index contributed by atoms with van der Waals surface area (Å²) in [5.41, 5.74) is 0. The van der Waals surface area contributed by atoms with Crippen molar-refractivity contribution in [3.63, 3.8) is 0 Å². The summed E-state index contributed by atoms with van der Waals surface area (Å²) in [4.78, 5) is 5.00. The largest absolute Gasteiger partial charge is 0.379 e. The van der Waals surface area contributed by atoms with Gasteiger partial charge in [-0.05, 0) is 25.8 Å². The number of morpholine rings is 1. The minimum absolute atomic E-state index is 0.0101. The summed E-state index contributed by atoms with van der Waals surface area (Å²) in [6.45, 7) is 7.02. The van der Waals surface area contributed by atoms with Crippen LogP contribution in [0.1, 0.15) is 19.3 Å². The molecule has 3 fully saturated rings. The fraction of sp³-hybridized carbons (Fsp3) is 0.929. The maximum atomic E-state index is 9.21. The summed E-state index contributed by atoms with van der Waals surface area (Å²) in [7, 11) is 0. The molecule has 0 aromatic rings. The van der Waals surface area contributed by atoms with E-state index in [4.69, 9.17) is 4.74 Å². The normalized spacial score (nSPS) is 31.2. The molecular weight excluding hydrogens is 240 g/mol. The Bertz CT molecular complexity index is 333. The zero-order valence-electron chi connectivity index (χ0n) is 11.6. The van der Waals surface area contributed by atoms with Crippen molar-refractivity contribution in [1.82, 2.24) is 15.1 Å². The molecule has 0 aromatic heterocycles. The third-order valence-corrected chi connectivity index (χ3v) is 4.42. The van der Waals surface area contributed by atoms with Gasteiger partial charge in [0.1, 0.15) is 6.04 Å². The molecule has 0 amide bonds. The Hall–Kier alpha value is -0.670. The van der Waals surface area contributed by atoms with Gasteiger partial charge in [0.05, 0.1) is 19.3 Å². The van der Waals surface area contributed by atoms with E-state index < -0.39 is 0 Å². The van der Waals surface area contributed by atoms with Gasteiger partial charge in [-0.1, -0.05) is 0 Å². The third kappa shape index (κ3) is 3.67. The zero-order valence-corrected chi connectivity index (χ0v) is 11.6. The number of hydrogen-bond acceptors (Lipinski definition) is 5. The predicted molar refractivity (Wildman–Crippen MR) is 72.8 cm³/mol. The van der Waals surface area contributed by atoms with Crippen molar-refractivity contribution in [1.29, 1.82) is 5.26 Å². The first-order chi connectivity index (χ1) is 9.35. The molecule has 5 heteroatoms. The van der Waals surface area contributed by atoms with Crippen LogP contribution in [0, 0.1) is 11.3 Å². The van der Waals surface area contributed by atoms with Crippen LogP contribution in [0.3, 0.4) is 0 Å². The molecule has 0 bridgehead atoms. The lowest BCUT2D eigenvalue weighted by Crippen LogP contribution is -2.46. The third-order valence-electron chi connectivity index (χ3n) is 4.42. The van der Waals surface area contributed by atoms with Gasteiger partial charge in [-0.2, -0.15) is 5.26 Å². The number of ether oxygens (including phenoxy) is 1. The summed E-state index contributed by atoms with van der Waals surface area (Å²) >= 11 is 0. The molecule has 2 unspecified atom stereocenters. The van der Waals surface area contributed by atoms with E-state index in [2.05, 4.69) is 21.2 Å². The summed E-state index contributed by atoms with van der Waals surface area (Å²) in [5.74, 6) is 0. The topological polar surface area (TPSA) is 51.5 Å². The smallest absolute Gasteiger partial charge is 0.108 e. The molecule has 1 saturated carbocycles. The first-order valence-electron chi connectivity index (χ1n) is 7.55. The van der Waals surface area contributed by atoms with Gasteiger partial charge in [-0.15, -0.1) is 0 Å². The van der Waals surface area contributed by atoms with Gasteiger partial charge >= 0.3 is 0 Å². The molecule has 0 spiro atoms. The van der Waals surface area contributed by atoms with Gasteiger partial charge in [0, 0.05) is 38.3 Å². The Morgan fingerprint density at radius 3 is 2.68 bits per heavy atom. The van der Waals surface area contributed by atoms with Gasteiger partial charge in [0.25, 0.3) is 0 Å². The number of nitrogens with one attached hydrogen (secondary N) is 1. The fourth-order valence-corrected chi connectivity index (χ4v) is 3.14. The molecule has 106 valence electrons. The number of hydrogen-bond donors (Lipinski definition) is 1. The van der Waals surface area contributed by atoms with Crippen LogP contribution in [0.4, 0.5) is 0 Å². The maximum Gasteiger partial charge on any atom is 0.108 e. The molecule has 0 aromatic carbocycles. The molecule has 0 radical (unpaired) electrons. The van der Waals surface area contributed by atoms with E-state index in [1.165, 1.54) is 19.3 Å². The van der Waals surface area contributed by atoms with Gasteiger partial charge in [-0.25, -0.2) is 0 Å². The lowest BCUT2D eigenvalue weighted by molar-refractivity contribution is 0.0184. The predicted octanol–water partition coefficient (Wildman–Crippen LogP) is 0.0371. The van der Waals surface area contributed by atoms with E-state index in [9.17, 15) is 5.26 Å². The minimum Gasteiger partial charge on any atom is -0.379 e. The van der Waals surface area contributed by atoms with Crippen molar-refractivity contribution in [2.24, 2.45) is 0 Å². The highest BCUT2D eigenvalue weighted by molar-refractivity contribution is 4.99. The second kappa shape index (κ2) is 6.19. The molecular formula is C14H24N4O. The van der Waals surface area contributed by atoms with Gasteiger partial charge in [0.2, 0.25) is 0 Å². The Labute approximate surface area is 115 Å². The molecule has 19 heavy (non-hydrogen) atoms. The highest BCUT2D eigenvalue weighted by atomic mass is 16.5. The van der Waals surface area contributed by atoms with Crippen LogP contribution in [0.5, 0.6) is 0 Å². The molecule has 2 atom stereocenters. The van der Waals surface area contributed by atoms with Crippen LogP contribution < -0.4 is 5.32 Å². The van der Waals surface area contributed by atoms with Crippen molar-refractivity contribution < 1.29 is 4.74 Å². The van der Waals surface area contributed by atoms with E-state index in [1.54, 1.807) is 0 Å². The van der Waals surface area contributed by atoms with Crippen LogP contribution in [0.2, 0.25) is 0 Å². The van der Waals surface area contributed by atoms with Crippen LogP contribution in [0.15, 0.2) is 0 Å². The lowest BCUT2D eigenvalue weighted by Gasteiger charge is -2.32. The van der Waals surface area contributed by atoms with Crippen LogP contribution in [0.25, 0.3) is 0 Å². The Kier molecular flexibility index (Phi) is 4.34. The molecule has 1 N–H and O–H groups in total. The fourth-order valence-electron chi connectivity index (χ4n) is 3.14. The lowest BCUT2D eigenvalue weighted by atomic mass is 10.2.